The second-order valence-corrected chi connectivity index (χ2v) is 7.72. The number of unbranched alkanes of at least 4 members (excludes halogenated alkanes) is 1. The topological polar surface area (TPSA) is 56.2 Å². The molecule has 1 aliphatic rings. The maximum atomic E-state index is 12.5. The number of fused-ring (bicyclic) bond motifs is 1. The van der Waals surface area contributed by atoms with Gasteiger partial charge >= 0.3 is 5.97 Å². The molecule has 0 aliphatic carbocycles. The number of nitrogens with zero attached hydrogens (tertiary/aromatic N) is 2. The molecule has 0 saturated heterocycles. The van der Waals surface area contributed by atoms with Crippen LogP contribution in [0.15, 0.2) is 49.2 Å². The molecule has 0 amide bonds. The minimum atomic E-state index is -0.186. The third-order valence-corrected chi connectivity index (χ3v) is 5.50. The number of aromatic nitrogens is 2. The molecule has 28 heavy (non-hydrogen) atoms. The second-order valence-electron chi connectivity index (χ2n) is 7.72. The van der Waals surface area contributed by atoms with Gasteiger partial charge in [0.2, 0.25) is 0 Å². The number of hydrogen-bond acceptors (Lipinski definition) is 4. The summed E-state index contributed by atoms with van der Waals surface area (Å²) in [6.45, 7) is 10.3. The molecule has 0 radical (unpaired) electrons. The first-order chi connectivity index (χ1) is 13.6. The summed E-state index contributed by atoms with van der Waals surface area (Å²) in [4.78, 5) is 16.6. The number of rotatable bonds is 9. The Hall–Kier alpha value is -2.50. The number of hydrogen-bond donors (Lipinski definition) is 1. The van der Waals surface area contributed by atoms with Crippen LogP contribution in [0.5, 0.6) is 0 Å². The fourth-order valence-corrected chi connectivity index (χ4v) is 3.76. The third-order valence-electron chi connectivity index (χ3n) is 5.50. The zero-order valence-corrected chi connectivity index (χ0v) is 17.0. The molecule has 1 aromatic heterocycles. The first-order valence-corrected chi connectivity index (χ1v) is 10.3. The molecule has 1 aliphatic heterocycles. The first kappa shape index (κ1) is 20.2. The van der Waals surface area contributed by atoms with Crippen LogP contribution < -0.4 is 5.32 Å². The predicted octanol–water partition coefficient (Wildman–Crippen LogP) is 3.70. The summed E-state index contributed by atoms with van der Waals surface area (Å²) in [6, 6.07) is 6.00. The molecule has 5 nitrogen and oxygen atoms in total. The average Bonchev–Trinajstić information content (AvgIpc) is 3.20. The molecule has 0 saturated carbocycles. The Bertz CT molecular complexity index is 804. The van der Waals surface area contributed by atoms with Crippen LogP contribution in [0.4, 0.5) is 0 Å². The third kappa shape index (κ3) is 5.06. The molecule has 0 bridgehead atoms. The Labute approximate surface area is 168 Å². The van der Waals surface area contributed by atoms with Crippen LogP contribution in [0.1, 0.15) is 47.7 Å². The highest BCUT2D eigenvalue weighted by molar-refractivity contribution is 6.59. The summed E-state index contributed by atoms with van der Waals surface area (Å²) in [5.41, 5.74) is 4.17. The average molecular weight is 379 g/mol. The van der Waals surface area contributed by atoms with E-state index in [2.05, 4.69) is 41.3 Å². The van der Waals surface area contributed by atoms with Crippen LogP contribution in [0, 0.1) is 0 Å². The van der Waals surface area contributed by atoms with E-state index in [1.54, 1.807) is 6.20 Å². The Kier molecular flexibility index (Phi) is 6.96. The Morgan fingerprint density at radius 2 is 2.32 bits per heavy atom. The molecule has 0 fully saturated rings. The van der Waals surface area contributed by atoms with Gasteiger partial charge in [0.25, 0.3) is 0 Å². The molecular weight excluding hydrogens is 349 g/mol. The first-order valence-electron chi connectivity index (χ1n) is 10.3. The van der Waals surface area contributed by atoms with Gasteiger partial charge in [-0.1, -0.05) is 38.9 Å². The number of imidazole rings is 1. The summed E-state index contributed by atoms with van der Waals surface area (Å²) in [6.07, 6.45) is 10.2. The Balaban J connectivity index is 1.61. The smallest absolute Gasteiger partial charge is 0.338 e. The fourth-order valence-electron chi connectivity index (χ4n) is 3.76. The van der Waals surface area contributed by atoms with Crippen LogP contribution >= 0.6 is 0 Å². The lowest BCUT2D eigenvalue weighted by Crippen LogP contribution is -2.47. The van der Waals surface area contributed by atoms with Crippen molar-refractivity contribution in [2.45, 2.75) is 58.2 Å². The van der Waals surface area contributed by atoms with Crippen LogP contribution in [0.25, 0.3) is 0 Å². The minimum absolute atomic E-state index is 0.186. The standard InChI is InChI=1S/C22H30BN3O2/c1-4-5-13-28-22(27)19-8-6-7-18-14-21(23(3)15-20(18)19)25-17(2)9-11-26-12-10-24-16-26/h6-8,10,12,16,21,25H,2,4-5,9,11,13-15H2,1,3H3. The van der Waals surface area contributed by atoms with Gasteiger partial charge in [-0.25, -0.2) is 9.78 Å². The lowest BCUT2D eigenvalue weighted by molar-refractivity contribution is 0.0498. The fraction of sp³-hybridized carbons (Fsp3) is 0.455. The molecule has 1 unspecified atom stereocenters. The highest BCUT2D eigenvalue weighted by Gasteiger charge is 2.31. The highest BCUT2D eigenvalue weighted by Crippen LogP contribution is 2.26. The van der Waals surface area contributed by atoms with E-state index in [0.29, 0.717) is 19.3 Å². The summed E-state index contributed by atoms with van der Waals surface area (Å²) < 4.78 is 7.51. The van der Waals surface area contributed by atoms with E-state index in [-0.39, 0.29) is 5.97 Å². The van der Waals surface area contributed by atoms with Crippen molar-refractivity contribution in [2.24, 2.45) is 0 Å². The molecule has 148 valence electrons. The summed E-state index contributed by atoms with van der Waals surface area (Å²) >= 11 is 0. The molecule has 1 N–H and O–H groups in total. The maximum absolute atomic E-state index is 12.5. The highest BCUT2D eigenvalue weighted by atomic mass is 16.5. The van der Waals surface area contributed by atoms with Gasteiger partial charge < -0.3 is 14.6 Å². The van der Waals surface area contributed by atoms with Gasteiger partial charge in [0, 0.05) is 37.0 Å². The number of esters is 1. The number of allylic oxidation sites excluding steroid dienone is 1. The van der Waals surface area contributed by atoms with Crippen molar-refractivity contribution in [1.29, 1.82) is 0 Å². The molecule has 1 aromatic carbocycles. The molecular formula is C22H30BN3O2. The van der Waals surface area contributed by atoms with Gasteiger partial charge in [0.15, 0.2) is 6.71 Å². The van der Waals surface area contributed by atoms with Crippen LogP contribution in [-0.4, -0.2) is 34.8 Å². The SMILES string of the molecule is C=C(CCn1ccnc1)NC1Cc2cccc(C(=O)OCCCC)c2CB1C. The van der Waals surface area contributed by atoms with Crippen molar-refractivity contribution in [1.82, 2.24) is 14.9 Å². The number of benzene rings is 1. The molecule has 2 heterocycles. The van der Waals surface area contributed by atoms with E-state index in [9.17, 15) is 4.79 Å². The van der Waals surface area contributed by atoms with Gasteiger partial charge in [-0.05, 0) is 36.4 Å². The Morgan fingerprint density at radius 1 is 1.46 bits per heavy atom. The number of aryl methyl sites for hydroxylation is 1. The van der Waals surface area contributed by atoms with Gasteiger partial charge in [-0.3, -0.25) is 0 Å². The number of carbonyl (C=O) groups excluding carboxylic acids is 1. The largest absolute Gasteiger partial charge is 0.462 e. The van der Waals surface area contributed by atoms with Crippen LogP contribution in [0.2, 0.25) is 6.82 Å². The van der Waals surface area contributed by atoms with Crippen molar-refractivity contribution in [2.75, 3.05) is 6.61 Å². The van der Waals surface area contributed by atoms with E-state index in [0.717, 1.165) is 55.4 Å². The predicted molar refractivity (Wildman–Crippen MR) is 114 cm³/mol. The van der Waals surface area contributed by atoms with E-state index in [1.807, 2.05) is 24.7 Å². The van der Waals surface area contributed by atoms with Crippen molar-refractivity contribution >= 4 is 12.7 Å². The summed E-state index contributed by atoms with van der Waals surface area (Å²) in [7, 11) is 0. The molecule has 1 atom stereocenters. The van der Waals surface area contributed by atoms with Gasteiger partial charge in [0.05, 0.1) is 18.5 Å². The van der Waals surface area contributed by atoms with Gasteiger partial charge in [-0.2, -0.15) is 0 Å². The molecule has 0 spiro atoms. The van der Waals surface area contributed by atoms with E-state index >= 15 is 0 Å². The van der Waals surface area contributed by atoms with Gasteiger partial charge in [-0.15, -0.1) is 0 Å². The zero-order valence-electron chi connectivity index (χ0n) is 17.0. The maximum Gasteiger partial charge on any atom is 0.338 e. The van der Waals surface area contributed by atoms with Crippen molar-refractivity contribution in [3.05, 3.63) is 65.9 Å². The monoisotopic (exact) mass is 379 g/mol. The lowest BCUT2D eigenvalue weighted by atomic mass is 9.39. The summed E-state index contributed by atoms with van der Waals surface area (Å²) in [5.74, 6) is 0.141. The number of ether oxygens (including phenoxy) is 1. The van der Waals surface area contributed by atoms with E-state index in [1.165, 1.54) is 5.56 Å². The van der Waals surface area contributed by atoms with E-state index in [4.69, 9.17) is 4.74 Å². The molecule has 6 heteroatoms. The van der Waals surface area contributed by atoms with Crippen LogP contribution in [0.3, 0.4) is 0 Å². The van der Waals surface area contributed by atoms with Crippen molar-refractivity contribution in [3.8, 4) is 0 Å². The summed E-state index contributed by atoms with van der Waals surface area (Å²) in [5, 5.41) is 3.62. The Morgan fingerprint density at radius 3 is 3.07 bits per heavy atom. The van der Waals surface area contributed by atoms with E-state index < -0.39 is 0 Å². The van der Waals surface area contributed by atoms with Crippen LogP contribution in [-0.2, 0) is 24.0 Å². The lowest BCUT2D eigenvalue weighted by Gasteiger charge is -2.32. The molecule has 2 aromatic rings. The normalized spacial score (nSPS) is 15.8. The van der Waals surface area contributed by atoms with Gasteiger partial charge in [0.1, 0.15) is 0 Å². The minimum Gasteiger partial charge on any atom is -0.462 e. The quantitative estimate of drug-likeness (QED) is 0.410. The van der Waals surface area contributed by atoms with Crippen molar-refractivity contribution in [3.63, 3.8) is 0 Å². The number of carbonyl (C=O) groups is 1. The molecule has 3 rings (SSSR count). The second kappa shape index (κ2) is 9.62. The van der Waals surface area contributed by atoms with Crippen molar-refractivity contribution < 1.29 is 9.53 Å². The zero-order chi connectivity index (χ0) is 19.9. The number of nitrogens with one attached hydrogen (secondary N) is 1.